The summed E-state index contributed by atoms with van der Waals surface area (Å²) in [4.78, 5) is 13.8. The van der Waals surface area contributed by atoms with E-state index in [0.29, 0.717) is 30.3 Å². The van der Waals surface area contributed by atoms with Crippen molar-refractivity contribution in [3.8, 4) is 11.5 Å². The lowest BCUT2D eigenvalue weighted by molar-refractivity contribution is 0.0883. The smallest absolute Gasteiger partial charge is 0.321 e. The highest BCUT2D eigenvalue weighted by molar-refractivity contribution is 5.89. The van der Waals surface area contributed by atoms with E-state index in [1.807, 2.05) is 0 Å². The van der Waals surface area contributed by atoms with Gasteiger partial charge in [0.25, 0.3) is 0 Å². The van der Waals surface area contributed by atoms with Crippen LogP contribution in [0, 0.1) is 5.82 Å². The number of benzene rings is 2. The molecule has 5 nitrogen and oxygen atoms in total. The Morgan fingerprint density at radius 3 is 2.71 bits per heavy atom. The Labute approximate surface area is 139 Å². The molecule has 1 saturated heterocycles. The van der Waals surface area contributed by atoms with Crippen LogP contribution in [-0.2, 0) is 0 Å². The van der Waals surface area contributed by atoms with Gasteiger partial charge in [0, 0.05) is 24.8 Å². The lowest BCUT2D eigenvalue weighted by Crippen LogP contribution is -2.44. The van der Waals surface area contributed by atoms with Gasteiger partial charge in [0.2, 0.25) is 0 Å². The van der Waals surface area contributed by atoms with Gasteiger partial charge in [-0.2, -0.15) is 0 Å². The standard InChI is InChI=1S/C18H19FN2O3/c19-13-3-1-5-17(11-13)24-16-8-6-14(7-9-16)20-18(23)21-10-2-4-15(22)12-21/h1,3,5-9,11,15,22H,2,4,10,12H2,(H,20,23). The van der Waals surface area contributed by atoms with Crippen molar-refractivity contribution in [3.05, 3.63) is 54.3 Å². The molecule has 0 aliphatic carbocycles. The third-order valence-corrected chi connectivity index (χ3v) is 3.82. The molecule has 126 valence electrons. The van der Waals surface area contributed by atoms with Crippen LogP contribution in [0.15, 0.2) is 48.5 Å². The van der Waals surface area contributed by atoms with Gasteiger partial charge in [0.05, 0.1) is 6.10 Å². The summed E-state index contributed by atoms with van der Waals surface area (Å²) >= 11 is 0. The van der Waals surface area contributed by atoms with E-state index in [1.54, 1.807) is 41.3 Å². The number of amides is 2. The van der Waals surface area contributed by atoms with Crippen molar-refractivity contribution in [2.24, 2.45) is 0 Å². The Balaban J connectivity index is 1.59. The maximum absolute atomic E-state index is 13.1. The van der Waals surface area contributed by atoms with Crippen molar-refractivity contribution in [1.82, 2.24) is 4.90 Å². The molecule has 1 heterocycles. The van der Waals surface area contributed by atoms with E-state index >= 15 is 0 Å². The first-order valence-electron chi connectivity index (χ1n) is 7.87. The van der Waals surface area contributed by atoms with E-state index < -0.39 is 6.10 Å². The maximum atomic E-state index is 13.1. The molecule has 0 spiro atoms. The molecule has 2 aromatic carbocycles. The topological polar surface area (TPSA) is 61.8 Å². The molecule has 0 saturated carbocycles. The second-order valence-electron chi connectivity index (χ2n) is 5.76. The molecular weight excluding hydrogens is 311 g/mol. The Hall–Kier alpha value is -2.60. The van der Waals surface area contributed by atoms with Crippen molar-refractivity contribution in [2.45, 2.75) is 18.9 Å². The van der Waals surface area contributed by atoms with E-state index in [4.69, 9.17) is 4.74 Å². The minimum atomic E-state index is -0.452. The number of halogens is 1. The minimum Gasteiger partial charge on any atom is -0.457 e. The quantitative estimate of drug-likeness (QED) is 0.904. The van der Waals surface area contributed by atoms with Crippen molar-refractivity contribution < 1.29 is 19.0 Å². The number of carbonyl (C=O) groups excluding carboxylic acids is 1. The molecule has 2 amide bonds. The fourth-order valence-corrected chi connectivity index (χ4v) is 2.61. The van der Waals surface area contributed by atoms with Crippen LogP contribution in [0.5, 0.6) is 11.5 Å². The van der Waals surface area contributed by atoms with Gasteiger partial charge >= 0.3 is 6.03 Å². The summed E-state index contributed by atoms with van der Waals surface area (Å²) in [6, 6.07) is 12.5. The highest BCUT2D eigenvalue weighted by Crippen LogP contribution is 2.23. The molecule has 3 rings (SSSR count). The molecule has 0 aromatic heterocycles. The summed E-state index contributed by atoms with van der Waals surface area (Å²) in [7, 11) is 0. The van der Waals surface area contributed by atoms with Gasteiger partial charge in [0.15, 0.2) is 0 Å². The molecule has 1 unspecified atom stereocenters. The SMILES string of the molecule is O=C(Nc1ccc(Oc2cccc(F)c2)cc1)N1CCCC(O)C1. The third-order valence-electron chi connectivity index (χ3n) is 3.82. The number of nitrogens with one attached hydrogen (secondary N) is 1. The van der Waals surface area contributed by atoms with Gasteiger partial charge in [-0.25, -0.2) is 9.18 Å². The van der Waals surface area contributed by atoms with E-state index in [2.05, 4.69) is 5.32 Å². The van der Waals surface area contributed by atoms with E-state index in [0.717, 1.165) is 12.8 Å². The molecule has 2 N–H and O–H groups in total. The van der Waals surface area contributed by atoms with Gasteiger partial charge in [-0.1, -0.05) is 6.07 Å². The number of aliphatic hydroxyl groups excluding tert-OH is 1. The summed E-state index contributed by atoms with van der Waals surface area (Å²) in [6.07, 6.45) is 1.08. The van der Waals surface area contributed by atoms with Crippen LogP contribution < -0.4 is 10.1 Å². The number of β-amino-alcohol motifs (C(OH)–C–C–N with tert-alkyl or cyclic N) is 1. The predicted molar refractivity (Wildman–Crippen MR) is 88.7 cm³/mol. The second-order valence-corrected chi connectivity index (χ2v) is 5.76. The molecule has 24 heavy (non-hydrogen) atoms. The molecule has 1 atom stereocenters. The zero-order valence-electron chi connectivity index (χ0n) is 13.1. The predicted octanol–water partition coefficient (Wildman–Crippen LogP) is 3.61. The number of nitrogens with zero attached hydrogens (tertiary/aromatic N) is 1. The average Bonchev–Trinajstić information content (AvgIpc) is 2.57. The normalized spacial score (nSPS) is 17.4. The Morgan fingerprint density at radius 1 is 1.21 bits per heavy atom. The Kier molecular flexibility index (Phi) is 4.96. The van der Waals surface area contributed by atoms with E-state index in [9.17, 15) is 14.3 Å². The van der Waals surface area contributed by atoms with Crippen LogP contribution in [0.25, 0.3) is 0 Å². The molecule has 0 bridgehead atoms. The summed E-state index contributed by atoms with van der Waals surface area (Å²) in [5.41, 5.74) is 0.631. The molecule has 1 aliphatic heterocycles. The molecule has 0 radical (unpaired) electrons. The summed E-state index contributed by atoms with van der Waals surface area (Å²) in [5, 5.41) is 12.4. The summed E-state index contributed by atoms with van der Waals surface area (Å²) in [5.74, 6) is 0.598. The second kappa shape index (κ2) is 7.31. The first-order valence-corrected chi connectivity index (χ1v) is 7.87. The monoisotopic (exact) mass is 330 g/mol. The van der Waals surface area contributed by atoms with Gasteiger partial charge in [-0.3, -0.25) is 0 Å². The number of hydrogen-bond donors (Lipinski definition) is 2. The lowest BCUT2D eigenvalue weighted by Gasteiger charge is -2.30. The number of ether oxygens (including phenoxy) is 1. The van der Waals surface area contributed by atoms with E-state index in [-0.39, 0.29) is 11.8 Å². The minimum absolute atomic E-state index is 0.229. The summed E-state index contributed by atoms with van der Waals surface area (Å²) in [6.45, 7) is 0.996. The number of piperidine rings is 1. The number of aliphatic hydroxyl groups is 1. The van der Waals surface area contributed by atoms with E-state index in [1.165, 1.54) is 12.1 Å². The fourth-order valence-electron chi connectivity index (χ4n) is 2.61. The molecule has 1 fully saturated rings. The van der Waals surface area contributed by atoms with Gasteiger partial charge in [-0.05, 0) is 49.2 Å². The zero-order valence-corrected chi connectivity index (χ0v) is 13.1. The fraction of sp³-hybridized carbons (Fsp3) is 0.278. The molecule has 2 aromatic rings. The van der Waals surface area contributed by atoms with Crippen LogP contribution in [0.1, 0.15) is 12.8 Å². The lowest BCUT2D eigenvalue weighted by atomic mass is 10.1. The Morgan fingerprint density at radius 2 is 2.00 bits per heavy atom. The van der Waals surface area contributed by atoms with Crippen LogP contribution in [0.4, 0.5) is 14.9 Å². The van der Waals surface area contributed by atoms with Crippen LogP contribution in [-0.4, -0.2) is 35.2 Å². The first-order chi connectivity index (χ1) is 11.6. The summed E-state index contributed by atoms with van der Waals surface area (Å²) < 4.78 is 18.7. The maximum Gasteiger partial charge on any atom is 0.321 e. The molecular formula is C18H19FN2O3. The van der Waals surface area contributed by atoms with Crippen LogP contribution in [0.3, 0.4) is 0 Å². The van der Waals surface area contributed by atoms with Crippen molar-refractivity contribution >= 4 is 11.7 Å². The molecule has 1 aliphatic rings. The van der Waals surface area contributed by atoms with Crippen molar-refractivity contribution in [2.75, 3.05) is 18.4 Å². The van der Waals surface area contributed by atoms with Crippen molar-refractivity contribution in [1.29, 1.82) is 0 Å². The number of urea groups is 1. The first kappa shape index (κ1) is 16.3. The number of likely N-dealkylation sites (tertiary alicyclic amines) is 1. The van der Waals surface area contributed by atoms with Crippen molar-refractivity contribution in [3.63, 3.8) is 0 Å². The average molecular weight is 330 g/mol. The molecule has 6 heteroatoms. The zero-order chi connectivity index (χ0) is 16.9. The van der Waals surface area contributed by atoms with Gasteiger partial charge in [-0.15, -0.1) is 0 Å². The largest absolute Gasteiger partial charge is 0.457 e. The van der Waals surface area contributed by atoms with Crippen LogP contribution in [0.2, 0.25) is 0 Å². The van der Waals surface area contributed by atoms with Gasteiger partial charge < -0.3 is 20.1 Å². The number of anilines is 1. The van der Waals surface area contributed by atoms with Gasteiger partial charge in [0.1, 0.15) is 17.3 Å². The highest BCUT2D eigenvalue weighted by atomic mass is 19.1. The Bertz CT molecular complexity index is 706. The van der Waals surface area contributed by atoms with Crippen LogP contribution >= 0.6 is 0 Å². The number of hydrogen-bond acceptors (Lipinski definition) is 3. The number of carbonyl (C=O) groups is 1. The highest BCUT2D eigenvalue weighted by Gasteiger charge is 2.21. The third kappa shape index (κ3) is 4.23. The number of rotatable bonds is 3.